The lowest BCUT2D eigenvalue weighted by molar-refractivity contribution is 0.0633. The Bertz CT molecular complexity index is 639. The molecule has 1 atom stereocenters. The summed E-state index contributed by atoms with van der Waals surface area (Å²) in [6, 6.07) is 5.82. The molecule has 3 rings (SSSR count). The average Bonchev–Trinajstić information content (AvgIpc) is 2.55. The van der Waals surface area contributed by atoms with Crippen LogP contribution in [0, 0.1) is 6.92 Å². The number of rotatable bonds is 2. The molecule has 7 heteroatoms. The van der Waals surface area contributed by atoms with Crippen LogP contribution in [0.4, 0.5) is 0 Å². The van der Waals surface area contributed by atoms with E-state index in [4.69, 9.17) is 0 Å². The number of nitrogens with one attached hydrogen (secondary N) is 1. The second kappa shape index (κ2) is 8.82. The summed E-state index contributed by atoms with van der Waals surface area (Å²) < 4.78 is 0. The molecule has 1 amide bonds. The van der Waals surface area contributed by atoms with E-state index in [1.165, 1.54) is 0 Å². The topological polar surface area (TPSA) is 58.1 Å². The standard InChI is InChI=1S/C16H18N4O.2ClH/c1-12-7-14(10-19-8-12)16(21)20-6-5-18-11-15(20)13-3-2-4-17-9-13;;/h2-4,7-10,15,18H,5-6,11H2,1H3;2*1H. The second-order valence-electron chi connectivity index (χ2n) is 5.26. The van der Waals surface area contributed by atoms with Crippen molar-refractivity contribution in [2.24, 2.45) is 0 Å². The molecule has 1 aliphatic heterocycles. The van der Waals surface area contributed by atoms with Gasteiger partial charge in [-0.3, -0.25) is 14.8 Å². The van der Waals surface area contributed by atoms with Crippen LogP contribution in [0.5, 0.6) is 0 Å². The normalized spacial score (nSPS) is 16.9. The van der Waals surface area contributed by atoms with Gasteiger partial charge in [-0.2, -0.15) is 0 Å². The Morgan fingerprint density at radius 3 is 2.78 bits per heavy atom. The summed E-state index contributed by atoms with van der Waals surface area (Å²) in [6.45, 7) is 4.19. The highest BCUT2D eigenvalue weighted by atomic mass is 35.5. The predicted molar refractivity (Wildman–Crippen MR) is 94.4 cm³/mol. The molecule has 0 radical (unpaired) electrons. The summed E-state index contributed by atoms with van der Waals surface area (Å²) >= 11 is 0. The molecule has 0 bridgehead atoms. The quantitative estimate of drug-likeness (QED) is 0.899. The van der Waals surface area contributed by atoms with Gasteiger partial charge < -0.3 is 10.2 Å². The minimum atomic E-state index is 0. The average molecular weight is 355 g/mol. The highest BCUT2D eigenvalue weighted by Gasteiger charge is 2.28. The van der Waals surface area contributed by atoms with Gasteiger partial charge in [0.1, 0.15) is 0 Å². The lowest BCUT2D eigenvalue weighted by Gasteiger charge is -2.36. The molecule has 0 aliphatic carbocycles. The van der Waals surface area contributed by atoms with E-state index < -0.39 is 0 Å². The Morgan fingerprint density at radius 2 is 2.09 bits per heavy atom. The molecule has 124 valence electrons. The molecular weight excluding hydrogens is 335 g/mol. The molecule has 3 heterocycles. The van der Waals surface area contributed by atoms with E-state index >= 15 is 0 Å². The van der Waals surface area contributed by atoms with Crippen molar-refractivity contribution in [1.82, 2.24) is 20.2 Å². The summed E-state index contributed by atoms with van der Waals surface area (Å²) in [7, 11) is 0. The number of piperazine rings is 1. The molecule has 5 nitrogen and oxygen atoms in total. The van der Waals surface area contributed by atoms with Crippen LogP contribution in [0.25, 0.3) is 0 Å². The molecule has 1 N–H and O–H groups in total. The Hall–Kier alpha value is -1.69. The van der Waals surface area contributed by atoms with Gasteiger partial charge in [0, 0.05) is 44.4 Å². The third-order valence-electron chi connectivity index (χ3n) is 3.70. The summed E-state index contributed by atoms with van der Waals surface area (Å²) in [5.41, 5.74) is 2.69. The minimum Gasteiger partial charge on any atom is -0.329 e. The zero-order valence-electron chi connectivity index (χ0n) is 12.8. The van der Waals surface area contributed by atoms with E-state index in [-0.39, 0.29) is 36.8 Å². The van der Waals surface area contributed by atoms with Gasteiger partial charge in [-0.05, 0) is 30.2 Å². The predicted octanol–water partition coefficient (Wildman–Crippen LogP) is 2.42. The molecule has 0 aromatic carbocycles. The number of hydrogen-bond donors (Lipinski definition) is 1. The fourth-order valence-electron chi connectivity index (χ4n) is 2.66. The van der Waals surface area contributed by atoms with Gasteiger partial charge in [0.05, 0.1) is 11.6 Å². The number of aromatic nitrogens is 2. The highest BCUT2D eigenvalue weighted by molar-refractivity contribution is 5.94. The highest BCUT2D eigenvalue weighted by Crippen LogP contribution is 2.23. The van der Waals surface area contributed by atoms with Crippen LogP contribution >= 0.6 is 24.8 Å². The van der Waals surface area contributed by atoms with Gasteiger partial charge in [0.2, 0.25) is 0 Å². The van der Waals surface area contributed by atoms with Crippen molar-refractivity contribution in [3.8, 4) is 0 Å². The number of nitrogens with zero attached hydrogens (tertiary/aromatic N) is 3. The number of pyridine rings is 2. The van der Waals surface area contributed by atoms with E-state index in [2.05, 4.69) is 15.3 Å². The number of aryl methyl sites for hydroxylation is 1. The number of amides is 1. The van der Waals surface area contributed by atoms with Gasteiger partial charge in [-0.1, -0.05) is 6.07 Å². The fourth-order valence-corrected chi connectivity index (χ4v) is 2.66. The molecule has 1 fully saturated rings. The van der Waals surface area contributed by atoms with Crippen LogP contribution in [0.3, 0.4) is 0 Å². The monoisotopic (exact) mass is 354 g/mol. The van der Waals surface area contributed by atoms with Crippen molar-refractivity contribution < 1.29 is 4.79 Å². The third-order valence-corrected chi connectivity index (χ3v) is 3.70. The van der Waals surface area contributed by atoms with E-state index in [0.29, 0.717) is 12.1 Å². The molecule has 1 aliphatic rings. The van der Waals surface area contributed by atoms with Gasteiger partial charge in [0.25, 0.3) is 5.91 Å². The van der Waals surface area contributed by atoms with Crippen LogP contribution in [-0.2, 0) is 0 Å². The van der Waals surface area contributed by atoms with Crippen LogP contribution in [-0.4, -0.2) is 40.4 Å². The first kappa shape index (κ1) is 19.4. The van der Waals surface area contributed by atoms with Crippen molar-refractivity contribution in [2.45, 2.75) is 13.0 Å². The van der Waals surface area contributed by atoms with Crippen LogP contribution < -0.4 is 5.32 Å². The summed E-state index contributed by atoms with van der Waals surface area (Å²) in [6.07, 6.45) is 6.97. The molecule has 2 aromatic rings. The molecule has 0 spiro atoms. The van der Waals surface area contributed by atoms with Crippen LogP contribution in [0.1, 0.15) is 27.5 Å². The van der Waals surface area contributed by atoms with Gasteiger partial charge in [-0.15, -0.1) is 24.8 Å². The number of halogens is 2. The Kier molecular flexibility index (Phi) is 7.42. The molecule has 23 heavy (non-hydrogen) atoms. The number of hydrogen-bond acceptors (Lipinski definition) is 4. The zero-order chi connectivity index (χ0) is 14.7. The lowest BCUT2D eigenvalue weighted by atomic mass is 10.0. The van der Waals surface area contributed by atoms with Crippen molar-refractivity contribution in [2.75, 3.05) is 19.6 Å². The largest absolute Gasteiger partial charge is 0.329 e. The maximum absolute atomic E-state index is 12.8. The first-order valence-corrected chi connectivity index (χ1v) is 7.09. The van der Waals surface area contributed by atoms with Crippen LogP contribution in [0.2, 0.25) is 0 Å². The Morgan fingerprint density at radius 1 is 1.26 bits per heavy atom. The van der Waals surface area contributed by atoms with E-state index in [1.807, 2.05) is 36.2 Å². The number of carbonyl (C=O) groups excluding carboxylic acids is 1. The second-order valence-corrected chi connectivity index (χ2v) is 5.26. The summed E-state index contributed by atoms with van der Waals surface area (Å²) in [4.78, 5) is 23.0. The summed E-state index contributed by atoms with van der Waals surface area (Å²) in [5, 5.41) is 3.34. The maximum atomic E-state index is 12.8. The van der Waals surface area contributed by atoms with Crippen LogP contribution in [0.15, 0.2) is 43.0 Å². The zero-order valence-corrected chi connectivity index (χ0v) is 14.4. The molecule has 2 aromatic heterocycles. The Balaban J connectivity index is 0.00000132. The van der Waals surface area contributed by atoms with Crippen molar-refractivity contribution in [3.05, 3.63) is 59.7 Å². The van der Waals surface area contributed by atoms with Gasteiger partial charge in [0.15, 0.2) is 0 Å². The van der Waals surface area contributed by atoms with Gasteiger partial charge in [-0.25, -0.2) is 0 Å². The van der Waals surface area contributed by atoms with E-state index in [0.717, 1.165) is 24.2 Å². The third kappa shape index (κ3) is 4.41. The summed E-state index contributed by atoms with van der Waals surface area (Å²) in [5.74, 6) is 0.0292. The fraction of sp³-hybridized carbons (Fsp3) is 0.312. The molecule has 1 unspecified atom stereocenters. The SMILES string of the molecule is Cc1cncc(C(=O)N2CCNCC2c2cccnc2)c1.Cl.Cl. The first-order chi connectivity index (χ1) is 10.3. The maximum Gasteiger partial charge on any atom is 0.256 e. The number of carbonyl (C=O) groups is 1. The van der Waals surface area contributed by atoms with Crippen molar-refractivity contribution >= 4 is 30.7 Å². The molecule has 0 saturated carbocycles. The van der Waals surface area contributed by atoms with E-state index in [1.54, 1.807) is 18.6 Å². The van der Waals surface area contributed by atoms with E-state index in [9.17, 15) is 4.79 Å². The van der Waals surface area contributed by atoms with Crippen molar-refractivity contribution in [3.63, 3.8) is 0 Å². The lowest BCUT2D eigenvalue weighted by Crippen LogP contribution is -2.48. The van der Waals surface area contributed by atoms with Gasteiger partial charge >= 0.3 is 0 Å². The first-order valence-electron chi connectivity index (χ1n) is 7.09. The molecule has 1 saturated heterocycles. The van der Waals surface area contributed by atoms with Crippen molar-refractivity contribution in [1.29, 1.82) is 0 Å². The Labute approximate surface area is 148 Å². The molecular formula is C16H20Cl2N4O. The minimum absolute atomic E-state index is 0. The smallest absolute Gasteiger partial charge is 0.256 e.